The summed E-state index contributed by atoms with van der Waals surface area (Å²) in [4.78, 5) is 2.16. The molecule has 19 heavy (non-hydrogen) atoms. The van der Waals surface area contributed by atoms with Crippen LogP contribution >= 0.6 is 34.2 Å². The Hall–Kier alpha value is -0.940. The van der Waals surface area contributed by atoms with E-state index in [9.17, 15) is 0 Å². The molecule has 2 aromatic rings. The summed E-state index contributed by atoms with van der Waals surface area (Å²) in [6.45, 7) is 2.14. The molecule has 1 unspecified atom stereocenters. The Morgan fingerprint density at radius 2 is 1.95 bits per heavy atom. The lowest BCUT2D eigenvalue weighted by molar-refractivity contribution is 0.741. The Kier molecular flexibility index (Phi) is 4.58. The average molecular weight is 387 g/mol. The van der Waals surface area contributed by atoms with Gasteiger partial charge in [0.25, 0.3) is 0 Å². The normalized spacial score (nSPS) is 12.2. The fourth-order valence-electron chi connectivity index (χ4n) is 2.05. The second-order valence-corrected chi connectivity index (χ2v) is 6.23. The second kappa shape index (κ2) is 6.01. The maximum absolute atomic E-state index is 6.10. The van der Waals surface area contributed by atoms with E-state index in [-0.39, 0.29) is 6.04 Å². The number of anilines is 2. The lowest BCUT2D eigenvalue weighted by atomic mass is 10.1. The Labute approximate surface area is 132 Å². The number of nitrogen functional groups attached to an aromatic ring is 1. The fraction of sp³-hybridized carbons (Fsp3) is 0.200. The van der Waals surface area contributed by atoms with Crippen LogP contribution in [-0.2, 0) is 0 Å². The SMILES string of the molecule is CC(c1cccc(Cl)c1)N(C)c1ccc(I)cc1N. The number of rotatable bonds is 3. The highest BCUT2D eigenvalue weighted by atomic mass is 127. The molecule has 0 aliphatic heterocycles. The zero-order valence-corrected chi connectivity index (χ0v) is 13.8. The molecule has 0 aliphatic rings. The lowest BCUT2D eigenvalue weighted by Gasteiger charge is -2.28. The van der Waals surface area contributed by atoms with Crippen LogP contribution in [0.4, 0.5) is 11.4 Å². The number of hydrogen-bond acceptors (Lipinski definition) is 2. The summed E-state index contributed by atoms with van der Waals surface area (Å²) in [6.07, 6.45) is 0. The van der Waals surface area contributed by atoms with Gasteiger partial charge in [-0.2, -0.15) is 0 Å². The number of halogens is 2. The summed E-state index contributed by atoms with van der Waals surface area (Å²) in [7, 11) is 2.05. The summed E-state index contributed by atoms with van der Waals surface area (Å²) in [5.74, 6) is 0. The first-order chi connectivity index (χ1) is 8.99. The third-order valence-electron chi connectivity index (χ3n) is 3.28. The van der Waals surface area contributed by atoms with Crippen LogP contribution in [0.5, 0.6) is 0 Å². The molecule has 0 spiro atoms. The lowest BCUT2D eigenvalue weighted by Crippen LogP contribution is -2.22. The Morgan fingerprint density at radius 3 is 2.58 bits per heavy atom. The summed E-state index contributed by atoms with van der Waals surface area (Å²) < 4.78 is 1.14. The molecule has 4 heteroatoms. The van der Waals surface area contributed by atoms with E-state index in [2.05, 4.69) is 52.6 Å². The average Bonchev–Trinajstić information content (AvgIpc) is 2.37. The highest BCUT2D eigenvalue weighted by Gasteiger charge is 2.14. The number of benzene rings is 2. The quantitative estimate of drug-likeness (QED) is 0.611. The van der Waals surface area contributed by atoms with Crippen LogP contribution in [0.3, 0.4) is 0 Å². The molecule has 0 saturated carbocycles. The van der Waals surface area contributed by atoms with Crippen LogP contribution < -0.4 is 10.6 Å². The van der Waals surface area contributed by atoms with E-state index in [0.29, 0.717) is 0 Å². The molecule has 0 aromatic heterocycles. The smallest absolute Gasteiger partial charge is 0.0603 e. The molecule has 1 atom stereocenters. The molecule has 100 valence electrons. The summed E-state index contributed by atoms with van der Waals surface area (Å²) in [5.41, 5.74) is 9.10. The standard InChI is InChI=1S/C15H16ClIN2/c1-10(11-4-3-5-12(16)8-11)19(2)15-7-6-13(17)9-14(15)18/h3-10H,18H2,1-2H3. The molecule has 0 amide bonds. The van der Waals surface area contributed by atoms with Crippen LogP contribution in [0.25, 0.3) is 0 Å². The Bertz CT molecular complexity index is 586. The van der Waals surface area contributed by atoms with Gasteiger partial charge in [-0.05, 0) is 65.4 Å². The molecule has 0 radical (unpaired) electrons. The van der Waals surface area contributed by atoms with Gasteiger partial charge in [-0.1, -0.05) is 23.7 Å². The molecule has 0 aliphatic carbocycles. The van der Waals surface area contributed by atoms with Crippen molar-refractivity contribution in [2.75, 3.05) is 17.7 Å². The maximum atomic E-state index is 6.10. The Balaban J connectivity index is 2.30. The zero-order valence-electron chi connectivity index (χ0n) is 10.9. The van der Waals surface area contributed by atoms with E-state index in [0.717, 1.165) is 20.0 Å². The van der Waals surface area contributed by atoms with Crippen molar-refractivity contribution >= 4 is 45.6 Å². The Morgan fingerprint density at radius 1 is 1.21 bits per heavy atom. The van der Waals surface area contributed by atoms with Gasteiger partial charge in [0, 0.05) is 15.6 Å². The number of nitrogens with zero attached hydrogens (tertiary/aromatic N) is 1. The predicted octanol–water partition coefficient (Wildman–Crippen LogP) is 4.72. The zero-order chi connectivity index (χ0) is 14.0. The predicted molar refractivity (Wildman–Crippen MR) is 91.8 cm³/mol. The van der Waals surface area contributed by atoms with Crippen molar-refractivity contribution in [2.24, 2.45) is 0 Å². The van der Waals surface area contributed by atoms with Crippen LogP contribution in [0, 0.1) is 3.57 Å². The van der Waals surface area contributed by atoms with Gasteiger partial charge >= 0.3 is 0 Å². The molecule has 0 saturated heterocycles. The fourth-order valence-corrected chi connectivity index (χ4v) is 2.76. The van der Waals surface area contributed by atoms with Gasteiger partial charge < -0.3 is 10.6 Å². The van der Waals surface area contributed by atoms with Crippen molar-refractivity contribution in [1.82, 2.24) is 0 Å². The van der Waals surface area contributed by atoms with Gasteiger partial charge in [-0.15, -0.1) is 0 Å². The van der Waals surface area contributed by atoms with Crippen molar-refractivity contribution < 1.29 is 0 Å². The molecule has 0 fully saturated rings. The first-order valence-corrected chi connectivity index (χ1v) is 7.48. The maximum Gasteiger partial charge on any atom is 0.0603 e. The van der Waals surface area contributed by atoms with Gasteiger partial charge in [0.1, 0.15) is 0 Å². The molecular weight excluding hydrogens is 371 g/mol. The van der Waals surface area contributed by atoms with E-state index >= 15 is 0 Å². The summed E-state index contributed by atoms with van der Waals surface area (Å²) in [5, 5.41) is 0.758. The summed E-state index contributed by atoms with van der Waals surface area (Å²) >= 11 is 8.31. The minimum absolute atomic E-state index is 0.209. The topological polar surface area (TPSA) is 29.3 Å². The molecule has 2 rings (SSSR count). The minimum Gasteiger partial charge on any atom is -0.397 e. The monoisotopic (exact) mass is 386 g/mol. The molecule has 2 N–H and O–H groups in total. The highest BCUT2D eigenvalue weighted by Crippen LogP contribution is 2.31. The van der Waals surface area contributed by atoms with Crippen LogP contribution in [0.2, 0.25) is 5.02 Å². The first-order valence-electron chi connectivity index (χ1n) is 6.02. The van der Waals surface area contributed by atoms with E-state index in [1.165, 1.54) is 5.56 Å². The number of hydrogen-bond donors (Lipinski definition) is 1. The van der Waals surface area contributed by atoms with Gasteiger partial charge in [0.2, 0.25) is 0 Å². The van der Waals surface area contributed by atoms with Crippen molar-refractivity contribution in [3.05, 3.63) is 56.6 Å². The van der Waals surface area contributed by atoms with Gasteiger partial charge in [-0.25, -0.2) is 0 Å². The van der Waals surface area contributed by atoms with Crippen LogP contribution in [-0.4, -0.2) is 7.05 Å². The van der Waals surface area contributed by atoms with Crippen molar-refractivity contribution in [3.8, 4) is 0 Å². The van der Waals surface area contributed by atoms with Gasteiger partial charge in [0.15, 0.2) is 0 Å². The van der Waals surface area contributed by atoms with E-state index < -0.39 is 0 Å². The van der Waals surface area contributed by atoms with E-state index in [1.54, 1.807) is 0 Å². The molecular formula is C15H16ClIN2. The largest absolute Gasteiger partial charge is 0.397 e. The third-order valence-corrected chi connectivity index (χ3v) is 4.19. The number of nitrogens with two attached hydrogens (primary N) is 1. The van der Waals surface area contributed by atoms with Crippen molar-refractivity contribution in [1.29, 1.82) is 0 Å². The minimum atomic E-state index is 0.209. The van der Waals surface area contributed by atoms with Crippen LogP contribution in [0.1, 0.15) is 18.5 Å². The van der Waals surface area contributed by atoms with Crippen molar-refractivity contribution in [3.63, 3.8) is 0 Å². The van der Waals surface area contributed by atoms with Gasteiger partial charge in [-0.3, -0.25) is 0 Å². The van der Waals surface area contributed by atoms with Crippen LogP contribution in [0.15, 0.2) is 42.5 Å². The first kappa shape index (κ1) is 14.5. The highest BCUT2D eigenvalue weighted by molar-refractivity contribution is 14.1. The molecule has 0 bridgehead atoms. The third kappa shape index (κ3) is 3.34. The van der Waals surface area contributed by atoms with E-state index in [4.69, 9.17) is 17.3 Å². The second-order valence-electron chi connectivity index (χ2n) is 4.55. The van der Waals surface area contributed by atoms with Crippen molar-refractivity contribution in [2.45, 2.75) is 13.0 Å². The summed E-state index contributed by atoms with van der Waals surface area (Å²) in [6, 6.07) is 14.2. The van der Waals surface area contributed by atoms with E-state index in [1.807, 2.05) is 31.3 Å². The molecule has 2 nitrogen and oxygen atoms in total. The molecule has 2 aromatic carbocycles. The van der Waals surface area contributed by atoms with Gasteiger partial charge in [0.05, 0.1) is 17.4 Å². The molecule has 0 heterocycles.